The lowest BCUT2D eigenvalue weighted by molar-refractivity contribution is -0.160. The zero-order valence-corrected chi connectivity index (χ0v) is 13.7. The monoisotopic (exact) mass is 289 g/mol. The van der Waals surface area contributed by atoms with Gasteiger partial charge in [-0.1, -0.05) is 31.2 Å². The highest BCUT2D eigenvalue weighted by Crippen LogP contribution is 2.23. The molecule has 1 atom stereocenters. The molecule has 0 N–H and O–H groups in total. The van der Waals surface area contributed by atoms with Crippen molar-refractivity contribution in [2.24, 2.45) is 0 Å². The molecule has 0 aromatic heterocycles. The minimum atomic E-state index is -0.409. The van der Waals surface area contributed by atoms with Gasteiger partial charge in [0.15, 0.2) is 0 Å². The molecule has 1 saturated heterocycles. The van der Waals surface area contributed by atoms with Crippen LogP contribution in [-0.2, 0) is 22.5 Å². The zero-order valence-electron chi connectivity index (χ0n) is 13.7. The van der Waals surface area contributed by atoms with Crippen LogP contribution >= 0.6 is 0 Å². The molecule has 116 valence electrons. The maximum Gasteiger partial charge on any atom is 0.323 e. The average Bonchev–Trinajstić information content (AvgIpc) is 2.86. The van der Waals surface area contributed by atoms with E-state index in [-0.39, 0.29) is 12.0 Å². The summed E-state index contributed by atoms with van der Waals surface area (Å²) in [7, 11) is 0. The van der Waals surface area contributed by atoms with Gasteiger partial charge in [-0.15, -0.1) is 0 Å². The Morgan fingerprint density at radius 2 is 1.86 bits per heavy atom. The van der Waals surface area contributed by atoms with Gasteiger partial charge < -0.3 is 4.74 Å². The standard InChI is InChI=1S/C18H27NO2/c1-5-14-8-10-15(11-9-14)13-19-12-6-7-16(19)17(20)21-18(2,3)4/h8-11,16H,5-7,12-13H2,1-4H3/t16-/m0/s1. The Morgan fingerprint density at radius 3 is 2.43 bits per heavy atom. The normalized spacial score (nSPS) is 19.7. The van der Waals surface area contributed by atoms with Gasteiger partial charge in [0.05, 0.1) is 0 Å². The largest absolute Gasteiger partial charge is 0.459 e. The number of nitrogens with zero attached hydrogens (tertiary/aromatic N) is 1. The van der Waals surface area contributed by atoms with E-state index in [1.54, 1.807) is 0 Å². The minimum Gasteiger partial charge on any atom is -0.459 e. The minimum absolute atomic E-state index is 0.0785. The SMILES string of the molecule is CCc1ccc(CN2CCC[C@H]2C(=O)OC(C)(C)C)cc1. The number of hydrogen-bond donors (Lipinski definition) is 0. The summed E-state index contributed by atoms with van der Waals surface area (Å²) in [5.41, 5.74) is 2.21. The Bertz CT molecular complexity index is 473. The first kappa shape index (κ1) is 16.0. The van der Waals surface area contributed by atoms with Crippen molar-refractivity contribution in [1.29, 1.82) is 0 Å². The summed E-state index contributed by atoms with van der Waals surface area (Å²) in [5.74, 6) is -0.0785. The Labute approximate surface area is 128 Å². The van der Waals surface area contributed by atoms with Crippen molar-refractivity contribution < 1.29 is 9.53 Å². The Balaban J connectivity index is 1.99. The first-order chi connectivity index (χ1) is 9.89. The van der Waals surface area contributed by atoms with Crippen molar-refractivity contribution in [2.75, 3.05) is 6.54 Å². The Morgan fingerprint density at radius 1 is 1.24 bits per heavy atom. The van der Waals surface area contributed by atoms with Gasteiger partial charge in [0.2, 0.25) is 0 Å². The number of esters is 1. The van der Waals surface area contributed by atoms with Gasteiger partial charge in [-0.05, 0) is 57.7 Å². The molecular formula is C18H27NO2. The van der Waals surface area contributed by atoms with E-state index < -0.39 is 5.60 Å². The van der Waals surface area contributed by atoms with Crippen molar-refractivity contribution in [2.45, 2.75) is 65.1 Å². The van der Waals surface area contributed by atoms with Crippen LogP contribution in [0.2, 0.25) is 0 Å². The van der Waals surface area contributed by atoms with E-state index in [4.69, 9.17) is 4.74 Å². The molecule has 1 fully saturated rings. The third-order valence-corrected chi connectivity index (χ3v) is 3.86. The molecule has 0 bridgehead atoms. The van der Waals surface area contributed by atoms with Crippen molar-refractivity contribution >= 4 is 5.97 Å². The quantitative estimate of drug-likeness (QED) is 0.794. The molecule has 0 saturated carbocycles. The van der Waals surface area contributed by atoms with Gasteiger partial charge in [0, 0.05) is 6.54 Å². The van der Waals surface area contributed by atoms with Crippen LogP contribution in [0.5, 0.6) is 0 Å². The van der Waals surface area contributed by atoms with E-state index in [2.05, 4.69) is 36.1 Å². The number of carbonyl (C=O) groups excluding carboxylic acids is 1. The van der Waals surface area contributed by atoms with Gasteiger partial charge in [-0.3, -0.25) is 9.69 Å². The molecule has 0 amide bonds. The van der Waals surface area contributed by atoms with Crippen LogP contribution < -0.4 is 0 Å². The number of ether oxygens (including phenoxy) is 1. The number of benzene rings is 1. The first-order valence-electron chi connectivity index (χ1n) is 7.94. The molecule has 0 radical (unpaired) electrons. The molecule has 0 spiro atoms. The molecular weight excluding hydrogens is 262 g/mol. The van der Waals surface area contributed by atoms with Crippen molar-refractivity contribution in [3.05, 3.63) is 35.4 Å². The van der Waals surface area contributed by atoms with Crippen LogP contribution in [0.1, 0.15) is 51.7 Å². The van der Waals surface area contributed by atoms with Gasteiger partial charge >= 0.3 is 5.97 Å². The highest BCUT2D eigenvalue weighted by atomic mass is 16.6. The Kier molecular flexibility index (Phi) is 5.04. The second-order valence-electron chi connectivity index (χ2n) is 6.83. The number of rotatable bonds is 4. The van der Waals surface area contributed by atoms with Crippen molar-refractivity contribution in [1.82, 2.24) is 4.90 Å². The lowest BCUT2D eigenvalue weighted by Crippen LogP contribution is -2.40. The summed E-state index contributed by atoms with van der Waals surface area (Å²) in [6.07, 6.45) is 3.03. The van der Waals surface area contributed by atoms with Crippen LogP contribution in [0.3, 0.4) is 0 Å². The molecule has 21 heavy (non-hydrogen) atoms. The second kappa shape index (κ2) is 6.61. The highest BCUT2D eigenvalue weighted by molar-refractivity contribution is 5.76. The fraction of sp³-hybridized carbons (Fsp3) is 0.611. The van der Waals surface area contributed by atoms with E-state index in [0.717, 1.165) is 32.4 Å². The predicted octanol–water partition coefficient (Wildman–Crippen LogP) is 3.56. The zero-order chi connectivity index (χ0) is 15.5. The first-order valence-corrected chi connectivity index (χ1v) is 7.94. The summed E-state index contributed by atoms with van der Waals surface area (Å²) < 4.78 is 5.55. The topological polar surface area (TPSA) is 29.5 Å². The molecule has 1 aliphatic rings. The van der Waals surface area contributed by atoms with Crippen LogP contribution in [0.15, 0.2) is 24.3 Å². The predicted molar refractivity (Wildman–Crippen MR) is 85.1 cm³/mol. The summed E-state index contributed by atoms with van der Waals surface area (Å²) in [6, 6.07) is 8.60. The fourth-order valence-electron chi connectivity index (χ4n) is 2.77. The number of carbonyl (C=O) groups is 1. The summed E-state index contributed by atoms with van der Waals surface area (Å²) in [4.78, 5) is 14.5. The molecule has 0 aliphatic carbocycles. The third-order valence-electron chi connectivity index (χ3n) is 3.86. The van der Waals surface area contributed by atoms with E-state index in [0.29, 0.717) is 0 Å². The lowest BCUT2D eigenvalue weighted by Gasteiger charge is -2.27. The van der Waals surface area contributed by atoms with E-state index in [1.165, 1.54) is 11.1 Å². The van der Waals surface area contributed by atoms with E-state index >= 15 is 0 Å². The maximum absolute atomic E-state index is 12.3. The van der Waals surface area contributed by atoms with Crippen molar-refractivity contribution in [3.8, 4) is 0 Å². The molecule has 1 heterocycles. The molecule has 1 aliphatic heterocycles. The summed E-state index contributed by atoms with van der Waals surface area (Å²) in [6.45, 7) is 9.73. The highest BCUT2D eigenvalue weighted by Gasteiger charge is 2.33. The summed E-state index contributed by atoms with van der Waals surface area (Å²) >= 11 is 0. The fourth-order valence-corrected chi connectivity index (χ4v) is 2.77. The van der Waals surface area contributed by atoms with E-state index in [9.17, 15) is 4.79 Å². The van der Waals surface area contributed by atoms with Crippen LogP contribution in [-0.4, -0.2) is 29.1 Å². The molecule has 3 heteroatoms. The third kappa shape index (κ3) is 4.57. The maximum atomic E-state index is 12.3. The average molecular weight is 289 g/mol. The molecule has 0 unspecified atom stereocenters. The van der Waals surface area contributed by atoms with E-state index in [1.807, 2.05) is 20.8 Å². The number of hydrogen-bond acceptors (Lipinski definition) is 3. The van der Waals surface area contributed by atoms with Crippen molar-refractivity contribution in [3.63, 3.8) is 0 Å². The molecule has 1 aromatic carbocycles. The Hall–Kier alpha value is -1.35. The van der Waals surface area contributed by atoms with Crippen LogP contribution in [0.25, 0.3) is 0 Å². The van der Waals surface area contributed by atoms with Gasteiger partial charge in [0.1, 0.15) is 11.6 Å². The van der Waals surface area contributed by atoms with Gasteiger partial charge in [-0.2, -0.15) is 0 Å². The molecule has 1 aromatic rings. The van der Waals surface area contributed by atoms with Crippen LogP contribution in [0.4, 0.5) is 0 Å². The van der Waals surface area contributed by atoms with Crippen LogP contribution in [0, 0.1) is 0 Å². The number of likely N-dealkylation sites (tertiary alicyclic amines) is 1. The molecule has 3 nitrogen and oxygen atoms in total. The second-order valence-corrected chi connectivity index (χ2v) is 6.83. The number of aryl methyl sites for hydroxylation is 1. The van der Waals surface area contributed by atoms with Gasteiger partial charge in [0.25, 0.3) is 0 Å². The smallest absolute Gasteiger partial charge is 0.323 e. The molecule has 2 rings (SSSR count). The van der Waals surface area contributed by atoms with Gasteiger partial charge in [-0.25, -0.2) is 0 Å². The lowest BCUT2D eigenvalue weighted by atomic mass is 10.1. The summed E-state index contributed by atoms with van der Waals surface area (Å²) in [5, 5.41) is 0.